The van der Waals surface area contributed by atoms with E-state index in [-0.39, 0.29) is 17.1 Å². The molecule has 10 atom stereocenters. The molecular weight excluding hydrogens is 520 g/mol. The molecule has 8 N–H and O–H groups in total. The van der Waals surface area contributed by atoms with Crippen molar-refractivity contribution in [2.75, 3.05) is 65.6 Å². The van der Waals surface area contributed by atoms with Crippen LogP contribution in [0.15, 0.2) is 0 Å². The van der Waals surface area contributed by atoms with Gasteiger partial charge in [0.05, 0.1) is 13.2 Å². The van der Waals surface area contributed by atoms with Crippen molar-refractivity contribution in [3.8, 4) is 0 Å². The quantitative estimate of drug-likeness (QED) is 0.152. The Bertz CT molecular complexity index is 550. The van der Waals surface area contributed by atoms with Crippen molar-refractivity contribution < 1.29 is 67.4 Å². The zero-order valence-electron chi connectivity index (χ0n) is 19.3. The standard InChI is InChI=1S/C20H38N4O10.Cu/c25-9-11-13(27)15(29)17(31)19(33-11)23-5-1-21-2-6-24(8-4-22-3-7-23)20-18(32)16(30)14(28)12(10-26)34-20;/h11-20,25-32H,1-10H2;/q-2;/t11?,12?,13-,14-,15+,16+,17?,18?,19-,20-;/m1./s1/i;1+0. The summed E-state index contributed by atoms with van der Waals surface area (Å²) in [6, 6.07) is 0. The molecule has 0 bridgehead atoms. The molecule has 0 aliphatic carbocycles. The van der Waals surface area contributed by atoms with E-state index in [0.29, 0.717) is 52.4 Å². The zero-order chi connectivity index (χ0) is 24.8. The van der Waals surface area contributed by atoms with Gasteiger partial charge in [-0.15, -0.1) is 26.2 Å². The summed E-state index contributed by atoms with van der Waals surface area (Å²) in [7, 11) is 0. The predicted octanol–water partition coefficient (Wildman–Crippen LogP) is -5.05. The van der Waals surface area contributed by atoms with Crippen molar-refractivity contribution >= 4 is 0 Å². The molecule has 211 valence electrons. The third kappa shape index (κ3) is 7.51. The van der Waals surface area contributed by atoms with Crippen LogP contribution in [0.2, 0.25) is 0 Å². The summed E-state index contributed by atoms with van der Waals surface area (Å²) in [5, 5.41) is 88.9. The summed E-state index contributed by atoms with van der Waals surface area (Å²) < 4.78 is 11.3. The topological polar surface area (TPSA) is 215 Å². The Balaban J connectivity index is 0.00000432. The number of hydrogen-bond acceptors (Lipinski definition) is 12. The number of aliphatic hydroxyl groups is 8. The third-order valence-corrected chi connectivity index (χ3v) is 6.64. The minimum atomic E-state index is -1.46. The first-order chi connectivity index (χ1) is 16.3. The van der Waals surface area contributed by atoms with Gasteiger partial charge in [0.2, 0.25) is 0 Å². The van der Waals surface area contributed by atoms with Gasteiger partial charge < -0.3 is 61.0 Å². The molecule has 3 rings (SSSR count). The summed E-state index contributed by atoms with van der Waals surface area (Å²) in [4.78, 5) is 3.54. The largest absolute Gasteiger partial charge is 0.660 e. The second-order valence-electron chi connectivity index (χ2n) is 8.85. The molecular formula is C20H38CuN4O10-2. The second kappa shape index (κ2) is 14.8. The first-order valence-electron chi connectivity index (χ1n) is 11.7. The smallest absolute Gasteiger partial charge is 0.139 e. The van der Waals surface area contributed by atoms with Crippen LogP contribution in [-0.4, -0.2) is 178 Å². The van der Waals surface area contributed by atoms with Gasteiger partial charge in [0, 0.05) is 17.1 Å². The van der Waals surface area contributed by atoms with Crippen molar-refractivity contribution in [2.24, 2.45) is 0 Å². The van der Waals surface area contributed by atoms with E-state index in [0.717, 1.165) is 0 Å². The molecule has 1 radical (unpaired) electrons. The second-order valence-corrected chi connectivity index (χ2v) is 8.85. The maximum absolute atomic E-state index is 10.4. The van der Waals surface area contributed by atoms with Gasteiger partial charge in [-0.1, -0.05) is 0 Å². The first kappa shape index (κ1) is 31.2. The molecule has 0 aromatic rings. The monoisotopic (exact) mass is 558 g/mol. The summed E-state index contributed by atoms with van der Waals surface area (Å²) in [5.74, 6) is 0. The van der Waals surface area contributed by atoms with Crippen molar-refractivity contribution in [1.29, 1.82) is 0 Å². The van der Waals surface area contributed by atoms with Crippen LogP contribution in [0.3, 0.4) is 0 Å². The molecule has 3 heterocycles. The summed E-state index contributed by atoms with van der Waals surface area (Å²) in [6.45, 7) is 1.92. The van der Waals surface area contributed by atoms with E-state index in [4.69, 9.17) is 9.47 Å². The van der Waals surface area contributed by atoms with E-state index < -0.39 is 74.5 Å². The fourth-order valence-electron chi connectivity index (χ4n) is 4.52. The van der Waals surface area contributed by atoms with Crippen LogP contribution < -0.4 is 0 Å². The summed E-state index contributed by atoms with van der Waals surface area (Å²) >= 11 is 0. The number of nitrogens with zero attached hydrogens (tertiary/aromatic N) is 4. The molecule has 3 saturated heterocycles. The van der Waals surface area contributed by atoms with Crippen molar-refractivity contribution in [3.63, 3.8) is 0 Å². The van der Waals surface area contributed by atoms with E-state index in [1.807, 2.05) is 0 Å². The molecule has 35 heavy (non-hydrogen) atoms. The van der Waals surface area contributed by atoms with Gasteiger partial charge in [0.15, 0.2) is 0 Å². The van der Waals surface area contributed by atoms with Crippen LogP contribution in [0.1, 0.15) is 0 Å². The van der Waals surface area contributed by atoms with Crippen LogP contribution >= 0.6 is 0 Å². The maximum Gasteiger partial charge on any atom is 0.139 e. The Morgan fingerprint density at radius 1 is 0.543 bits per heavy atom. The average Bonchev–Trinajstić information content (AvgIpc) is 2.83. The first-order valence-corrected chi connectivity index (χ1v) is 11.7. The van der Waals surface area contributed by atoms with Gasteiger partial charge in [-0.2, -0.15) is 0 Å². The number of hydrogen-bond donors (Lipinski definition) is 8. The molecule has 0 aromatic carbocycles. The van der Waals surface area contributed by atoms with Crippen molar-refractivity contribution in [2.45, 2.75) is 61.3 Å². The SMILES string of the molecule is OCC1O[C@@H](N2CC[N-]CCN([C@@H]3OC(CO)[C@@H](O)[C@H](O)C3O)CC[N-]CC2)C(O)[C@@H](O)[C@@H]1O.[64Cu]. The molecule has 4 unspecified atom stereocenters. The van der Waals surface area contributed by atoms with Crippen molar-refractivity contribution in [1.82, 2.24) is 9.80 Å². The van der Waals surface area contributed by atoms with E-state index in [2.05, 4.69) is 10.6 Å². The van der Waals surface area contributed by atoms with E-state index in [1.165, 1.54) is 0 Å². The maximum atomic E-state index is 10.4. The van der Waals surface area contributed by atoms with E-state index >= 15 is 0 Å². The number of rotatable bonds is 4. The van der Waals surface area contributed by atoms with Crippen LogP contribution in [0.25, 0.3) is 10.6 Å². The molecule has 14 nitrogen and oxygen atoms in total. The molecule has 0 amide bonds. The average molecular weight is 558 g/mol. The van der Waals surface area contributed by atoms with Crippen LogP contribution in [0, 0.1) is 0 Å². The Labute approximate surface area is 214 Å². The molecule has 3 aliphatic heterocycles. The molecule has 0 spiro atoms. The number of ether oxygens (including phenoxy) is 2. The molecule has 0 saturated carbocycles. The molecule has 15 heteroatoms. The van der Waals surface area contributed by atoms with Crippen LogP contribution in [0.4, 0.5) is 0 Å². The molecule has 0 aromatic heterocycles. The van der Waals surface area contributed by atoms with Gasteiger partial charge in [-0.3, -0.25) is 9.80 Å². The van der Waals surface area contributed by atoms with Gasteiger partial charge in [-0.25, -0.2) is 0 Å². The van der Waals surface area contributed by atoms with Gasteiger partial charge in [0.1, 0.15) is 61.3 Å². The fourth-order valence-corrected chi connectivity index (χ4v) is 4.52. The molecule has 3 aliphatic rings. The summed E-state index contributed by atoms with van der Waals surface area (Å²) in [6.07, 6.45) is -12.4. The van der Waals surface area contributed by atoms with E-state index in [1.54, 1.807) is 9.80 Å². The molecule has 3 fully saturated rings. The summed E-state index contributed by atoms with van der Waals surface area (Å²) in [5.41, 5.74) is 0. The normalized spacial score (nSPS) is 43.5. The number of aliphatic hydroxyl groups excluding tert-OH is 8. The predicted molar refractivity (Wildman–Crippen MR) is 117 cm³/mol. The van der Waals surface area contributed by atoms with Gasteiger partial charge >= 0.3 is 0 Å². The minimum absolute atomic E-state index is 0. The fraction of sp³-hybridized carbons (Fsp3) is 1.00. The van der Waals surface area contributed by atoms with Crippen molar-refractivity contribution in [3.05, 3.63) is 10.6 Å². The minimum Gasteiger partial charge on any atom is -0.660 e. The van der Waals surface area contributed by atoms with Crippen LogP contribution in [0.5, 0.6) is 0 Å². The zero-order valence-corrected chi connectivity index (χ0v) is 20.3. The van der Waals surface area contributed by atoms with Gasteiger partial charge in [0.25, 0.3) is 0 Å². The van der Waals surface area contributed by atoms with Gasteiger partial charge in [-0.05, 0) is 26.2 Å². The third-order valence-electron chi connectivity index (χ3n) is 6.64. The van der Waals surface area contributed by atoms with E-state index in [9.17, 15) is 40.9 Å². The Morgan fingerprint density at radius 3 is 1.14 bits per heavy atom. The Kier molecular flexibility index (Phi) is 13.2. The Morgan fingerprint density at radius 2 is 0.857 bits per heavy atom. The Hall–Kier alpha value is -0.0405. The van der Waals surface area contributed by atoms with Crippen LogP contribution in [-0.2, 0) is 26.5 Å².